The van der Waals surface area contributed by atoms with Crippen molar-refractivity contribution in [2.75, 3.05) is 6.54 Å². The summed E-state index contributed by atoms with van der Waals surface area (Å²) in [5, 5.41) is 3.10. The highest BCUT2D eigenvalue weighted by Crippen LogP contribution is 2.22. The Morgan fingerprint density at radius 3 is 2.21 bits per heavy atom. The van der Waals surface area contributed by atoms with Crippen molar-refractivity contribution in [2.24, 2.45) is 17.6 Å². The molecule has 2 atom stereocenters. The molecule has 19 heavy (non-hydrogen) atoms. The number of carbonyl (C=O) groups excluding carboxylic acids is 1. The summed E-state index contributed by atoms with van der Waals surface area (Å²) in [6.45, 7) is 8.61. The van der Waals surface area contributed by atoms with Gasteiger partial charge in [-0.3, -0.25) is 4.79 Å². The lowest BCUT2D eigenvalue weighted by Crippen LogP contribution is -2.37. The quantitative estimate of drug-likeness (QED) is 0.828. The van der Waals surface area contributed by atoms with Crippen molar-refractivity contribution >= 4 is 5.91 Å². The molecule has 0 saturated carbocycles. The smallest absolute Gasteiger partial charge is 0.224 e. The number of hydrogen-bond donors (Lipinski definition) is 2. The van der Waals surface area contributed by atoms with Gasteiger partial charge in [-0.15, -0.1) is 0 Å². The molecule has 0 aliphatic carbocycles. The fourth-order valence-electron chi connectivity index (χ4n) is 2.00. The van der Waals surface area contributed by atoms with E-state index in [-0.39, 0.29) is 17.9 Å². The van der Waals surface area contributed by atoms with Crippen molar-refractivity contribution in [3.05, 3.63) is 35.4 Å². The molecule has 0 saturated heterocycles. The summed E-state index contributed by atoms with van der Waals surface area (Å²) in [5.74, 6) is 0.235. The number of benzene rings is 1. The second-order valence-electron chi connectivity index (χ2n) is 5.46. The molecule has 0 aromatic heterocycles. The molecule has 3 heteroatoms. The summed E-state index contributed by atoms with van der Waals surface area (Å²) in [6.07, 6.45) is 1.03. The van der Waals surface area contributed by atoms with Gasteiger partial charge in [-0.2, -0.15) is 0 Å². The summed E-state index contributed by atoms with van der Waals surface area (Å²) in [7, 11) is 0. The monoisotopic (exact) mass is 262 g/mol. The largest absolute Gasteiger partial charge is 0.349 e. The van der Waals surface area contributed by atoms with Gasteiger partial charge in [0, 0.05) is 12.5 Å². The topological polar surface area (TPSA) is 55.1 Å². The zero-order chi connectivity index (χ0) is 14.4. The van der Waals surface area contributed by atoms with Crippen LogP contribution in [0.15, 0.2) is 24.3 Å². The number of carbonyl (C=O) groups is 1. The van der Waals surface area contributed by atoms with Gasteiger partial charge in [0.05, 0.1) is 6.04 Å². The average molecular weight is 262 g/mol. The SMILES string of the molecule is CCc1ccc(C(NC(=O)C(C)CN)C(C)C)cc1. The molecule has 1 aromatic rings. The summed E-state index contributed by atoms with van der Waals surface area (Å²) in [5.41, 5.74) is 8.01. The summed E-state index contributed by atoms with van der Waals surface area (Å²) >= 11 is 0. The molecule has 1 rings (SSSR count). The van der Waals surface area contributed by atoms with E-state index in [0.29, 0.717) is 12.5 Å². The Hall–Kier alpha value is -1.35. The fraction of sp³-hybridized carbons (Fsp3) is 0.562. The summed E-state index contributed by atoms with van der Waals surface area (Å²) in [6, 6.07) is 8.52. The second kappa shape index (κ2) is 7.29. The molecule has 3 nitrogen and oxygen atoms in total. The minimum atomic E-state index is -0.142. The Balaban J connectivity index is 2.84. The number of aryl methyl sites for hydroxylation is 1. The molecule has 0 bridgehead atoms. The maximum Gasteiger partial charge on any atom is 0.224 e. The molecule has 106 valence electrons. The maximum absolute atomic E-state index is 12.0. The highest BCUT2D eigenvalue weighted by molar-refractivity contribution is 5.79. The van der Waals surface area contributed by atoms with Crippen molar-refractivity contribution in [1.29, 1.82) is 0 Å². The number of amides is 1. The van der Waals surface area contributed by atoms with Crippen LogP contribution in [0.2, 0.25) is 0 Å². The first kappa shape index (κ1) is 15.7. The van der Waals surface area contributed by atoms with Crippen LogP contribution in [0.25, 0.3) is 0 Å². The van der Waals surface area contributed by atoms with E-state index in [9.17, 15) is 4.79 Å². The molecule has 2 unspecified atom stereocenters. The Morgan fingerprint density at radius 1 is 1.21 bits per heavy atom. The minimum absolute atomic E-state index is 0.0285. The zero-order valence-electron chi connectivity index (χ0n) is 12.4. The van der Waals surface area contributed by atoms with Gasteiger partial charge in [-0.25, -0.2) is 0 Å². The van der Waals surface area contributed by atoms with Crippen molar-refractivity contribution in [2.45, 2.75) is 40.2 Å². The molecule has 0 radical (unpaired) electrons. The van der Waals surface area contributed by atoms with E-state index in [1.807, 2.05) is 6.92 Å². The van der Waals surface area contributed by atoms with E-state index >= 15 is 0 Å². The van der Waals surface area contributed by atoms with Gasteiger partial charge in [0.15, 0.2) is 0 Å². The molecule has 0 heterocycles. The lowest BCUT2D eigenvalue weighted by atomic mass is 9.94. The standard InChI is InChI=1S/C16H26N2O/c1-5-13-6-8-14(9-7-13)15(11(2)3)18-16(19)12(4)10-17/h6-9,11-12,15H,5,10,17H2,1-4H3,(H,18,19). The summed E-state index contributed by atoms with van der Waals surface area (Å²) in [4.78, 5) is 12.0. The van der Waals surface area contributed by atoms with Gasteiger partial charge >= 0.3 is 0 Å². The Labute approximate surface area is 116 Å². The molecule has 0 aliphatic rings. The van der Waals surface area contributed by atoms with E-state index in [1.54, 1.807) is 0 Å². The first-order valence-corrected chi connectivity index (χ1v) is 7.08. The van der Waals surface area contributed by atoms with Crippen LogP contribution in [-0.4, -0.2) is 12.5 Å². The van der Waals surface area contributed by atoms with Crippen molar-refractivity contribution in [3.63, 3.8) is 0 Å². The number of rotatable bonds is 6. The van der Waals surface area contributed by atoms with Crippen LogP contribution < -0.4 is 11.1 Å². The number of nitrogens with one attached hydrogen (secondary N) is 1. The maximum atomic E-state index is 12.0. The highest BCUT2D eigenvalue weighted by atomic mass is 16.1. The molecule has 1 aromatic carbocycles. The molecule has 0 fully saturated rings. The van der Waals surface area contributed by atoms with Gasteiger partial charge < -0.3 is 11.1 Å². The first-order valence-electron chi connectivity index (χ1n) is 7.08. The van der Waals surface area contributed by atoms with Crippen LogP contribution in [0.4, 0.5) is 0 Å². The molecule has 3 N–H and O–H groups in total. The fourth-order valence-corrected chi connectivity index (χ4v) is 2.00. The van der Waals surface area contributed by atoms with Crippen molar-refractivity contribution < 1.29 is 4.79 Å². The second-order valence-corrected chi connectivity index (χ2v) is 5.46. The number of hydrogen-bond acceptors (Lipinski definition) is 2. The minimum Gasteiger partial charge on any atom is -0.349 e. The van der Waals surface area contributed by atoms with Gasteiger partial charge in [0.25, 0.3) is 0 Å². The van der Waals surface area contributed by atoms with Gasteiger partial charge in [-0.05, 0) is 23.5 Å². The van der Waals surface area contributed by atoms with Crippen LogP contribution in [0.3, 0.4) is 0 Å². The predicted octanol–water partition coefficient (Wildman–Crippen LogP) is 2.66. The zero-order valence-corrected chi connectivity index (χ0v) is 12.4. The van der Waals surface area contributed by atoms with Crippen molar-refractivity contribution in [1.82, 2.24) is 5.32 Å². The Kier molecular flexibility index (Phi) is 6.03. The van der Waals surface area contributed by atoms with E-state index in [0.717, 1.165) is 12.0 Å². The van der Waals surface area contributed by atoms with Crippen LogP contribution in [0.1, 0.15) is 44.9 Å². The average Bonchev–Trinajstić information content (AvgIpc) is 2.43. The van der Waals surface area contributed by atoms with Crippen LogP contribution in [0, 0.1) is 11.8 Å². The number of nitrogens with two attached hydrogens (primary N) is 1. The van der Waals surface area contributed by atoms with E-state index in [2.05, 4.69) is 50.4 Å². The first-order chi connectivity index (χ1) is 8.99. The lowest BCUT2D eigenvalue weighted by Gasteiger charge is -2.24. The van der Waals surface area contributed by atoms with Crippen LogP contribution in [0.5, 0.6) is 0 Å². The van der Waals surface area contributed by atoms with E-state index < -0.39 is 0 Å². The lowest BCUT2D eigenvalue weighted by molar-refractivity contribution is -0.125. The third-order valence-electron chi connectivity index (χ3n) is 3.51. The normalized spacial score (nSPS) is 14.2. The molecule has 0 spiro atoms. The summed E-state index contributed by atoms with van der Waals surface area (Å²) < 4.78 is 0. The van der Waals surface area contributed by atoms with E-state index in [4.69, 9.17) is 5.73 Å². The van der Waals surface area contributed by atoms with Crippen LogP contribution >= 0.6 is 0 Å². The molecular weight excluding hydrogens is 236 g/mol. The van der Waals surface area contributed by atoms with E-state index in [1.165, 1.54) is 5.56 Å². The van der Waals surface area contributed by atoms with Gasteiger partial charge in [0.2, 0.25) is 5.91 Å². The third kappa shape index (κ3) is 4.35. The molecule has 0 aliphatic heterocycles. The highest BCUT2D eigenvalue weighted by Gasteiger charge is 2.20. The Bertz CT molecular complexity index is 398. The van der Waals surface area contributed by atoms with Gasteiger partial charge in [0.1, 0.15) is 0 Å². The van der Waals surface area contributed by atoms with Gasteiger partial charge in [-0.1, -0.05) is 52.0 Å². The van der Waals surface area contributed by atoms with Crippen LogP contribution in [-0.2, 0) is 11.2 Å². The Morgan fingerprint density at radius 2 is 1.79 bits per heavy atom. The molecule has 1 amide bonds. The third-order valence-corrected chi connectivity index (χ3v) is 3.51. The van der Waals surface area contributed by atoms with Crippen molar-refractivity contribution in [3.8, 4) is 0 Å². The predicted molar refractivity (Wildman–Crippen MR) is 79.8 cm³/mol. The molecular formula is C16H26N2O.